The van der Waals surface area contributed by atoms with Crippen LogP contribution in [0.3, 0.4) is 0 Å². The summed E-state index contributed by atoms with van der Waals surface area (Å²) >= 11 is 0. The molecule has 0 fully saturated rings. The number of aliphatic hydroxyl groups excluding tert-OH is 1. The van der Waals surface area contributed by atoms with Gasteiger partial charge in [0.25, 0.3) is 0 Å². The van der Waals surface area contributed by atoms with Crippen molar-refractivity contribution in [2.24, 2.45) is 0 Å². The Kier molecular flexibility index (Phi) is 5.07. The van der Waals surface area contributed by atoms with Crippen LogP contribution in [0.1, 0.15) is 11.7 Å². The summed E-state index contributed by atoms with van der Waals surface area (Å²) < 4.78 is 36.1. The molecule has 0 heterocycles. The molecule has 122 valence electrons. The van der Waals surface area contributed by atoms with Gasteiger partial charge in [0.15, 0.2) is 17.4 Å². The standard InChI is InChI=1S/C15H13F2NO5/c1-22-10-3-5-15(13(7-10)18(20)21)23-8-14(19)9-2-4-11(16)12(17)6-9/h2-7,14,19H,8H2,1H3. The molecule has 0 aromatic heterocycles. The van der Waals surface area contributed by atoms with Gasteiger partial charge in [-0.3, -0.25) is 10.1 Å². The van der Waals surface area contributed by atoms with Crippen molar-refractivity contribution >= 4 is 5.69 Å². The van der Waals surface area contributed by atoms with Crippen molar-refractivity contribution in [1.82, 2.24) is 0 Å². The molecule has 0 radical (unpaired) electrons. The van der Waals surface area contributed by atoms with E-state index in [1.807, 2.05) is 0 Å². The van der Waals surface area contributed by atoms with Crippen molar-refractivity contribution in [3.8, 4) is 11.5 Å². The molecule has 0 amide bonds. The van der Waals surface area contributed by atoms with Gasteiger partial charge in [0, 0.05) is 0 Å². The van der Waals surface area contributed by atoms with E-state index in [9.17, 15) is 24.0 Å². The van der Waals surface area contributed by atoms with E-state index in [0.29, 0.717) is 0 Å². The Morgan fingerprint density at radius 1 is 1.22 bits per heavy atom. The minimum Gasteiger partial charge on any atom is -0.496 e. The van der Waals surface area contributed by atoms with Crippen molar-refractivity contribution in [1.29, 1.82) is 0 Å². The fraction of sp³-hybridized carbons (Fsp3) is 0.200. The first-order valence-corrected chi connectivity index (χ1v) is 6.50. The highest BCUT2D eigenvalue weighted by Gasteiger charge is 2.19. The van der Waals surface area contributed by atoms with Crippen LogP contribution in [0.2, 0.25) is 0 Å². The third kappa shape index (κ3) is 3.92. The van der Waals surface area contributed by atoms with Gasteiger partial charge in [0.2, 0.25) is 0 Å². The van der Waals surface area contributed by atoms with Gasteiger partial charge in [-0.15, -0.1) is 0 Å². The smallest absolute Gasteiger partial charge is 0.314 e. The van der Waals surface area contributed by atoms with E-state index < -0.39 is 22.7 Å². The number of nitro benzene ring substituents is 1. The maximum Gasteiger partial charge on any atom is 0.314 e. The monoisotopic (exact) mass is 325 g/mol. The van der Waals surface area contributed by atoms with Crippen LogP contribution in [-0.2, 0) is 0 Å². The predicted octanol–water partition coefficient (Wildman–Crippen LogP) is 2.99. The number of rotatable bonds is 6. The number of ether oxygens (including phenoxy) is 2. The van der Waals surface area contributed by atoms with Gasteiger partial charge < -0.3 is 14.6 Å². The van der Waals surface area contributed by atoms with E-state index in [0.717, 1.165) is 12.1 Å². The molecule has 1 N–H and O–H groups in total. The maximum atomic E-state index is 13.1. The van der Waals surface area contributed by atoms with Crippen molar-refractivity contribution in [2.45, 2.75) is 6.10 Å². The van der Waals surface area contributed by atoms with Crippen molar-refractivity contribution in [3.05, 3.63) is 63.7 Å². The van der Waals surface area contributed by atoms with Crippen LogP contribution in [0.25, 0.3) is 0 Å². The average molecular weight is 325 g/mol. The molecule has 0 aliphatic heterocycles. The highest BCUT2D eigenvalue weighted by molar-refractivity contribution is 5.50. The predicted molar refractivity (Wildman–Crippen MR) is 76.5 cm³/mol. The van der Waals surface area contributed by atoms with Crippen molar-refractivity contribution < 1.29 is 28.3 Å². The lowest BCUT2D eigenvalue weighted by molar-refractivity contribution is -0.386. The highest BCUT2D eigenvalue weighted by Crippen LogP contribution is 2.31. The van der Waals surface area contributed by atoms with Crippen molar-refractivity contribution in [3.63, 3.8) is 0 Å². The Morgan fingerprint density at radius 2 is 1.96 bits per heavy atom. The molecule has 1 unspecified atom stereocenters. The van der Waals surface area contributed by atoms with E-state index in [-0.39, 0.29) is 29.4 Å². The summed E-state index contributed by atoms with van der Waals surface area (Å²) in [5.41, 5.74) is -0.234. The normalized spacial score (nSPS) is 11.8. The molecule has 0 spiro atoms. The molecule has 2 aromatic carbocycles. The molecule has 2 rings (SSSR count). The third-order valence-corrected chi connectivity index (χ3v) is 3.09. The van der Waals surface area contributed by atoms with Crippen LogP contribution in [0.4, 0.5) is 14.5 Å². The number of nitro groups is 1. The molecule has 2 aromatic rings. The zero-order valence-electron chi connectivity index (χ0n) is 12.0. The number of aliphatic hydroxyl groups is 1. The summed E-state index contributed by atoms with van der Waals surface area (Å²) in [5, 5.41) is 20.9. The first kappa shape index (κ1) is 16.6. The number of benzene rings is 2. The maximum absolute atomic E-state index is 13.1. The van der Waals surface area contributed by atoms with Gasteiger partial charge in [0.05, 0.1) is 18.1 Å². The number of hydrogen-bond donors (Lipinski definition) is 1. The highest BCUT2D eigenvalue weighted by atomic mass is 19.2. The molecule has 0 aliphatic carbocycles. The molecule has 8 heteroatoms. The quantitative estimate of drug-likeness (QED) is 0.652. The molecule has 0 aliphatic rings. The summed E-state index contributed by atoms with van der Waals surface area (Å²) in [5.74, 6) is -1.92. The molecule has 6 nitrogen and oxygen atoms in total. The first-order valence-electron chi connectivity index (χ1n) is 6.50. The summed E-state index contributed by atoms with van der Waals surface area (Å²) in [4.78, 5) is 10.4. The molecule has 0 saturated heterocycles. The molecule has 23 heavy (non-hydrogen) atoms. The molecule has 0 saturated carbocycles. The molecule has 1 atom stereocenters. The Bertz CT molecular complexity index is 723. The Morgan fingerprint density at radius 3 is 2.57 bits per heavy atom. The SMILES string of the molecule is COc1ccc(OCC(O)c2ccc(F)c(F)c2)c([N+](=O)[O-])c1. The van der Waals surface area contributed by atoms with Crippen LogP contribution in [0.5, 0.6) is 11.5 Å². The minimum absolute atomic E-state index is 0.0718. The van der Waals surface area contributed by atoms with Crippen LogP contribution in [0, 0.1) is 21.7 Å². The second-order valence-corrected chi connectivity index (χ2v) is 4.59. The van der Waals surface area contributed by atoms with Gasteiger partial charge in [0.1, 0.15) is 18.5 Å². The Balaban J connectivity index is 2.13. The number of halogens is 2. The number of methoxy groups -OCH3 is 1. The summed E-state index contributed by atoms with van der Waals surface area (Å²) in [6.45, 7) is -0.363. The second-order valence-electron chi connectivity index (χ2n) is 4.59. The lowest BCUT2D eigenvalue weighted by Gasteiger charge is -2.13. The molecular weight excluding hydrogens is 312 g/mol. The fourth-order valence-electron chi connectivity index (χ4n) is 1.87. The van der Waals surface area contributed by atoms with Crippen molar-refractivity contribution in [2.75, 3.05) is 13.7 Å². The van der Waals surface area contributed by atoms with E-state index in [1.165, 1.54) is 31.4 Å². The van der Waals surface area contributed by atoms with Gasteiger partial charge in [-0.05, 0) is 29.8 Å². The van der Waals surface area contributed by atoms with Gasteiger partial charge in [-0.2, -0.15) is 0 Å². The van der Waals surface area contributed by atoms with Crippen LogP contribution < -0.4 is 9.47 Å². The van der Waals surface area contributed by atoms with E-state index >= 15 is 0 Å². The van der Waals surface area contributed by atoms with E-state index in [2.05, 4.69) is 0 Å². The van der Waals surface area contributed by atoms with Gasteiger partial charge in [-0.1, -0.05) is 6.07 Å². The lowest BCUT2D eigenvalue weighted by atomic mass is 10.1. The van der Waals surface area contributed by atoms with Gasteiger partial charge in [-0.25, -0.2) is 8.78 Å². The first-order chi connectivity index (χ1) is 10.9. The minimum atomic E-state index is -1.27. The lowest BCUT2D eigenvalue weighted by Crippen LogP contribution is -2.11. The van der Waals surface area contributed by atoms with Crippen LogP contribution >= 0.6 is 0 Å². The third-order valence-electron chi connectivity index (χ3n) is 3.09. The summed E-state index contributed by atoms with van der Waals surface area (Å²) in [6, 6.07) is 6.89. The topological polar surface area (TPSA) is 81.8 Å². The van der Waals surface area contributed by atoms with Crippen LogP contribution in [0.15, 0.2) is 36.4 Å². The van der Waals surface area contributed by atoms with E-state index in [4.69, 9.17) is 9.47 Å². The largest absolute Gasteiger partial charge is 0.496 e. The Labute approximate surface area is 130 Å². The van der Waals surface area contributed by atoms with E-state index in [1.54, 1.807) is 0 Å². The average Bonchev–Trinajstić information content (AvgIpc) is 2.54. The fourth-order valence-corrected chi connectivity index (χ4v) is 1.87. The van der Waals surface area contributed by atoms with Crippen LogP contribution in [-0.4, -0.2) is 23.7 Å². The number of nitrogens with zero attached hydrogens (tertiary/aromatic N) is 1. The summed E-state index contributed by atoms with van der Waals surface area (Å²) in [6.07, 6.45) is -1.27. The second kappa shape index (κ2) is 7.01. The zero-order valence-corrected chi connectivity index (χ0v) is 12.0. The summed E-state index contributed by atoms with van der Waals surface area (Å²) in [7, 11) is 1.37. The number of hydrogen-bond acceptors (Lipinski definition) is 5. The van der Waals surface area contributed by atoms with Gasteiger partial charge >= 0.3 is 5.69 Å². The molecular formula is C15H13F2NO5. The Hall–Kier alpha value is -2.74. The zero-order chi connectivity index (χ0) is 17.0. The molecule has 0 bridgehead atoms.